The Labute approximate surface area is 195 Å². The summed E-state index contributed by atoms with van der Waals surface area (Å²) >= 11 is 0. The van der Waals surface area contributed by atoms with Gasteiger partial charge in [0, 0.05) is 45.3 Å². The van der Waals surface area contributed by atoms with Crippen molar-refractivity contribution in [3.63, 3.8) is 0 Å². The predicted octanol–water partition coefficient (Wildman–Crippen LogP) is 3.35. The molecule has 0 saturated carbocycles. The van der Waals surface area contributed by atoms with Crippen LogP contribution in [0.15, 0.2) is 47.1 Å². The molecule has 1 aromatic carbocycles. The minimum absolute atomic E-state index is 0.0134. The summed E-state index contributed by atoms with van der Waals surface area (Å²) in [6.45, 7) is 5.72. The molecule has 0 unspecified atom stereocenters. The molecule has 186 valence electrons. The Bertz CT molecular complexity index is 936. The number of para-hydroxylation sites is 2. The highest BCUT2D eigenvalue weighted by molar-refractivity contribution is 5.91. The van der Waals surface area contributed by atoms with Crippen LogP contribution in [0, 0.1) is 0 Å². The van der Waals surface area contributed by atoms with E-state index in [0.29, 0.717) is 11.8 Å². The van der Waals surface area contributed by atoms with Gasteiger partial charge in [-0.05, 0) is 37.1 Å². The number of likely N-dealkylation sites (tertiary alicyclic amines) is 1. The van der Waals surface area contributed by atoms with Gasteiger partial charge in [-0.15, -0.1) is 0 Å². The molecular weight excluding hydrogens is 455 g/mol. The molecule has 2 aliphatic heterocycles. The number of carbonyl (C=O) groups excluding carboxylic acids is 1. The van der Waals surface area contributed by atoms with Gasteiger partial charge >= 0.3 is 12.1 Å². The number of benzene rings is 1. The van der Waals surface area contributed by atoms with Gasteiger partial charge in [0.15, 0.2) is 5.76 Å². The maximum atomic E-state index is 12.4. The molecule has 0 spiro atoms. The molecule has 0 radical (unpaired) electrons. The number of halogens is 3. The fraction of sp³-hybridized carbons (Fsp3) is 0.478. The van der Waals surface area contributed by atoms with Crippen LogP contribution in [0.25, 0.3) is 0 Å². The highest BCUT2D eigenvalue weighted by Gasteiger charge is 2.38. The molecule has 2 aliphatic rings. The summed E-state index contributed by atoms with van der Waals surface area (Å²) in [5.74, 6) is -1.36. The van der Waals surface area contributed by atoms with Gasteiger partial charge in [0.05, 0.1) is 19.1 Å². The average Bonchev–Trinajstić information content (AvgIpc) is 3.39. The maximum Gasteiger partial charge on any atom is 0.490 e. The monoisotopic (exact) mass is 483 g/mol. The third kappa shape index (κ3) is 6.43. The zero-order chi connectivity index (χ0) is 24.7. The van der Waals surface area contributed by atoms with E-state index >= 15 is 0 Å². The van der Waals surface area contributed by atoms with Gasteiger partial charge < -0.3 is 24.1 Å². The van der Waals surface area contributed by atoms with Crippen LogP contribution in [0.2, 0.25) is 0 Å². The first-order valence-corrected chi connectivity index (χ1v) is 11.0. The molecule has 1 amide bonds. The van der Waals surface area contributed by atoms with E-state index in [4.69, 9.17) is 19.1 Å². The lowest BCUT2D eigenvalue weighted by Gasteiger charge is -2.43. The van der Waals surface area contributed by atoms with Gasteiger partial charge in [0.2, 0.25) is 0 Å². The highest BCUT2D eigenvalue weighted by atomic mass is 19.4. The van der Waals surface area contributed by atoms with Crippen molar-refractivity contribution in [1.82, 2.24) is 9.80 Å². The van der Waals surface area contributed by atoms with Crippen molar-refractivity contribution in [2.45, 2.75) is 25.1 Å². The third-order valence-corrected chi connectivity index (χ3v) is 5.98. The average molecular weight is 483 g/mol. The number of carboxylic acid groups (broad SMARTS) is 1. The second-order valence-electron chi connectivity index (χ2n) is 8.00. The molecule has 3 heterocycles. The van der Waals surface area contributed by atoms with Crippen molar-refractivity contribution in [2.24, 2.45) is 0 Å². The fourth-order valence-corrected chi connectivity index (χ4v) is 4.21. The quantitative estimate of drug-likeness (QED) is 0.714. The van der Waals surface area contributed by atoms with Crippen molar-refractivity contribution >= 4 is 17.6 Å². The Morgan fingerprint density at radius 3 is 2.15 bits per heavy atom. The molecule has 34 heavy (non-hydrogen) atoms. The Morgan fingerprint density at radius 1 is 1.00 bits per heavy atom. The summed E-state index contributed by atoms with van der Waals surface area (Å²) in [6.07, 6.45) is -1.47. The summed E-state index contributed by atoms with van der Waals surface area (Å²) in [6, 6.07) is 12.3. The molecule has 2 fully saturated rings. The Morgan fingerprint density at radius 2 is 1.62 bits per heavy atom. The second kappa shape index (κ2) is 11.3. The van der Waals surface area contributed by atoms with Crippen molar-refractivity contribution in [3.8, 4) is 5.75 Å². The summed E-state index contributed by atoms with van der Waals surface area (Å²) in [5.41, 5.74) is 1.18. The number of amides is 1. The normalized spacial score (nSPS) is 17.6. The molecule has 1 N–H and O–H groups in total. The van der Waals surface area contributed by atoms with Crippen LogP contribution in [-0.2, 0) is 4.79 Å². The minimum atomic E-state index is -5.08. The predicted molar refractivity (Wildman–Crippen MR) is 118 cm³/mol. The zero-order valence-electron chi connectivity index (χ0n) is 18.8. The smallest absolute Gasteiger partial charge is 0.490 e. The zero-order valence-corrected chi connectivity index (χ0v) is 18.8. The van der Waals surface area contributed by atoms with Crippen LogP contribution in [0.5, 0.6) is 5.75 Å². The van der Waals surface area contributed by atoms with Crippen LogP contribution in [0.4, 0.5) is 18.9 Å². The van der Waals surface area contributed by atoms with E-state index in [1.807, 2.05) is 17.0 Å². The number of methoxy groups -OCH3 is 1. The lowest BCUT2D eigenvalue weighted by atomic mass is 10.0. The van der Waals surface area contributed by atoms with Crippen LogP contribution in [0.1, 0.15) is 23.4 Å². The molecule has 0 aliphatic carbocycles. The molecule has 11 heteroatoms. The topological polar surface area (TPSA) is 86.5 Å². The molecule has 4 rings (SSSR count). The molecule has 0 atom stereocenters. The van der Waals surface area contributed by atoms with Crippen molar-refractivity contribution in [3.05, 3.63) is 48.4 Å². The molecular formula is C23H28F3N3O5. The number of hydrogen-bond acceptors (Lipinski definition) is 6. The summed E-state index contributed by atoms with van der Waals surface area (Å²) in [5, 5.41) is 7.12. The summed E-state index contributed by atoms with van der Waals surface area (Å²) in [4.78, 5) is 28.2. The Balaban J connectivity index is 0.000000406. The van der Waals surface area contributed by atoms with Gasteiger partial charge in [-0.1, -0.05) is 12.1 Å². The van der Waals surface area contributed by atoms with Gasteiger partial charge in [-0.3, -0.25) is 9.69 Å². The van der Waals surface area contributed by atoms with Gasteiger partial charge in [0.1, 0.15) is 5.75 Å². The van der Waals surface area contributed by atoms with Crippen LogP contribution >= 0.6 is 0 Å². The van der Waals surface area contributed by atoms with Gasteiger partial charge in [-0.25, -0.2) is 4.79 Å². The SMILES string of the molecule is COc1ccccc1N1CCN(C2CCN(C(=O)c3ccco3)CC2)CC1.O=C(O)C(F)(F)F. The van der Waals surface area contributed by atoms with E-state index < -0.39 is 12.1 Å². The number of hydrogen-bond donors (Lipinski definition) is 1. The number of piperidine rings is 1. The van der Waals surface area contributed by atoms with Crippen LogP contribution < -0.4 is 9.64 Å². The fourth-order valence-electron chi connectivity index (χ4n) is 4.21. The minimum Gasteiger partial charge on any atom is -0.495 e. The summed E-state index contributed by atoms with van der Waals surface area (Å²) in [7, 11) is 1.73. The maximum absolute atomic E-state index is 12.4. The standard InChI is InChI=1S/C21H27N3O3.C2HF3O2/c1-26-19-6-3-2-5-18(19)23-14-12-22(13-15-23)17-8-10-24(11-9-17)21(25)20-7-4-16-27-20;3-2(4,5)1(6)7/h2-7,16-17H,8-15H2,1H3;(H,6,7). The number of aliphatic carboxylic acids is 1. The van der Waals surface area contributed by atoms with Crippen LogP contribution in [-0.4, -0.2) is 85.4 Å². The van der Waals surface area contributed by atoms with Crippen molar-refractivity contribution in [1.29, 1.82) is 0 Å². The number of rotatable bonds is 4. The van der Waals surface area contributed by atoms with E-state index in [2.05, 4.69) is 21.9 Å². The van der Waals surface area contributed by atoms with E-state index in [0.717, 1.165) is 57.9 Å². The molecule has 2 saturated heterocycles. The molecule has 1 aromatic heterocycles. The number of anilines is 1. The summed E-state index contributed by atoms with van der Waals surface area (Å²) < 4.78 is 42.5. The first kappa shape index (κ1) is 25.4. The number of furan rings is 1. The van der Waals surface area contributed by atoms with E-state index in [1.165, 1.54) is 5.69 Å². The number of piperazine rings is 1. The number of nitrogens with zero attached hydrogens (tertiary/aromatic N) is 3. The van der Waals surface area contributed by atoms with Crippen molar-refractivity contribution in [2.75, 3.05) is 51.3 Å². The van der Waals surface area contributed by atoms with E-state index in [9.17, 15) is 18.0 Å². The van der Waals surface area contributed by atoms with E-state index in [-0.39, 0.29) is 5.91 Å². The number of alkyl halides is 3. The first-order chi connectivity index (χ1) is 16.2. The van der Waals surface area contributed by atoms with Crippen LogP contribution in [0.3, 0.4) is 0 Å². The lowest BCUT2D eigenvalue weighted by Crippen LogP contribution is -2.53. The molecule has 2 aromatic rings. The molecule has 0 bridgehead atoms. The third-order valence-electron chi connectivity index (χ3n) is 5.98. The molecule has 8 nitrogen and oxygen atoms in total. The number of carboxylic acids is 1. The Kier molecular flexibility index (Phi) is 8.43. The van der Waals surface area contributed by atoms with E-state index in [1.54, 1.807) is 25.5 Å². The van der Waals surface area contributed by atoms with Crippen molar-refractivity contribution < 1.29 is 37.0 Å². The second-order valence-corrected chi connectivity index (χ2v) is 8.00. The number of ether oxygens (including phenoxy) is 1. The van der Waals surface area contributed by atoms with Gasteiger partial charge in [0.25, 0.3) is 5.91 Å². The lowest BCUT2D eigenvalue weighted by molar-refractivity contribution is -0.192. The number of carbonyl (C=O) groups is 2. The largest absolute Gasteiger partial charge is 0.495 e. The highest BCUT2D eigenvalue weighted by Crippen LogP contribution is 2.29. The first-order valence-electron chi connectivity index (χ1n) is 11.0. The Hall–Kier alpha value is -3.21. The van der Waals surface area contributed by atoms with Gasteiger partial charge in [-0.2, -0.15) is 13.2 Å².